The van der Waals surface area contributed by atoms with E-state index in [0.717, 1.165) is 21.4 Å². The van der Waals surface area contributed by atoms with Crippen LogP contribution < -0.4 is 11.1 Å². The van der Waals surface area contributed by atoms with Crippen molar-refractivity contribution < 1.29 is 0 Å². The SMILES string of the molecule is Cn1cc(I)c(CN=C(N)Nc2ccc3c(c2)CCC3)n1. The lowest BCUT2D eigenvalue weighted by atomic mass is 10.1. The molecule has 3 rings (SSSR count). The second-order valence-corrected chi connectivity index (χ2v) is 6.42. The Morgan fingerprint density at radius 3 is 3.00 bits per heavy atom. The summed E-state index contributed by atoms with van der Waals surface area (Å²) in [6.45, 7) is 0.489. The number of hydrogen-bond acceptors (Lipinski definition) is 2. The summed E-state index contributed by atoms with van der Waals surface area (Å²) < 4.78 is 2.89. The summed E-state index contributed by atoms with van der Waals surface area (Å²) in [5.74, 6) is 0.425. The minimum atomic E-state index is 0.425. The van der Waals surface area contributed by atoms with Gasteiger partial charge in [-0.05, 0) is 65.1 Å². The average molecular weight is 395 g/mol. The van der Waals surface area contributed by atoms with Crippen LogP contribution in [0.3, 0.4) is 0 Å². The van der Waals surface area contributed by atoms with Crippen molar-refractivity contribution in [3.8, 4) is 0 Å². The summed E-state index contributed by atoms with van der Waals surface area (Å²) in [5.41, 5.74) is 10.8. The van der Waals surface area contributed by atoms with Gasteiger partial charge in [0.15, 0.2) is 5.96 Å². The van der Waals surface area contributed by atoms with E-state index < -0.39 is 0 Å². The molecule has 0 radical (unpaired) electrons. The molecule has 1 heterocycles. The first-order valence-electron chi connectivity index (χ1n) is 6.98. The number of aliphatic imine (C=N–C) groups is 1. The molecule has 0 unspecified atom stereocenters. The van der Waals surface area contributed by atoms with Crippen LogP contribution in [0.1, 0.15) is 23.2 Å². The van der Waals surface area contributed by atoms with E-state index in [1.807, 2.05) is 13.2 Å². The van der Waals surface area contributed by atoms with Gasteiger partial charge in [-0.2, -0.15) is 5.10 Å². The predicted octanol–water partition coefficient (Wildman–Crippen LogP) is 2.44. The van der Waals surface area contributed by atoms with Crippen molar-refractivity contribution in [2.45, 2.75) is 25.8 Å². The molecule has 0 spiro atoms. The second-order valence-electron chi connectivity index (χ2n) is 5.26. The molecule has 21 heavy (non-hydrogen) atoms. The monoisotopic (exact) mass is 395 g/mol. The lowest BCUT2D eigenvalue weighted by Gasteiger charge is -2.07. The molecule has 1 aliphatic carbocycles. The molecule has 0 aliphatic heterocycles. The van der Waals surface area contributed by atoms with Crippen LogP contribution in [0.2, 0.25) is 0 Å². The molecular formula is C15H18IN5. The number of hydrogen-bond donors (Lipinski definition) is 2. The van der Waals surface area contributed by atoms with Crippen LogP contribution in [0.4, 0.5) is 5.69 Å². The van der Waals surface area contributed by atoms with E-state index in [9.17, 15) is 0 Å². The third-order valence-electron chi connectivity index (χ3n) is 3.62. The summed E-state index contributed by atoms with van der Waals surface area (Å²) in [6, 6.07) is 6.42. The molecular weight excluding hydrogens is 377 g/mol. The van der Waals surface area contributed by atoms with Crippen molar-refractivity contribution in [1.29, 1.82) is 0 Å². The van der Waals surface area contributed by atoms with Crippen LogP contribution in [0.15, 0.2) is 29.4 Å². The molecule has 1 aliphatic rings. The molecule has 0 saturated heterocycles. The first-order chi connectivity index (χ1) is 10.1. The number of rotatable bonds is 3. The number of benzene rings is 1. The molecule has 3 N–H and O–H groups in total. The highest BCUT2D eigenvalue weighted by Crippen LogP contribution is 2.24. The first kappa shape index (κ1) is 14.4. The van der Waals surface area contributed by atoms with Crippen molar-refractivity contribution in [3.63, 3.8) is 0 Å². The zero-order valence-corrected chi connectivity index (χ0v) is 14.1. The van der Waals surface area contributed by atoms with E-state index in [-0.39, 0.29) is 0 Å². The molecule has 0 atom stereocenters. The summed E-state index contributed by atoms with van der Waals surface area (Å²) in [7, 11) is 1.90. The summed E-state index contributed by atoms with van der Waals surface area (Å²) in [4.78, 5) is 4.36. The van der Waals surface area contributed by atoms with Crippen molar-refractivity contribution in [3.05, 3.63) is 44.8 Å². The van der Waals surface area contributed by atoms with Gasteiger partial charge < -0.3 is 11.1 Å². The molecule has 1 aromatic carbocycles. The van der Waals surface area contributed by atoms with E-state index in [1.165, 1.54) is 24.0 Å². The topological polar surface area (TPSA) is 68.2 Å². The van der Waals surface area contributed by atoms with E-state index in [0.29, 0.717) is 12.5 Å². The van der Waals surface area contributed by atoms with Gasteiger partial charge in [0, 0.05) is 18.9 Å². The van der Waals surface area contributed by atoms with Crippen LogP contribution in [0.25, 0.3) is 0 Å². The Labute approximate surface area is 137 Å². The van der Waals surface area contributed by atoms with Crippen molar-refractivity contribution in [2.75, 3.05) is 5.32 Å². The summed E-state index contributed by atoms with van der Waals surface area (Å²) in [5, 5.41) is 7.51. The molecule has 1 aromatic heterocycles. The van der Waals surface area contributed by atoms with E-state index >= 15 is 0 Å². The van der Waals surface area contributed by atoms with Gasteiger partial charge in [-0.1, -0.05) is 6.07 Å². The van der Waals surface area contributed by atoms with E-state index in [2.05, 4.69) is 56.2 Å². The predicted molar refractivity (Wildman–Crippen MR) is 93.3 cm³/mol. The standard InChI is InChI=1S/C15H18IN5/c1-21-9-13(16)14(20-21)8-18-15(17)19-12-6-5-10-3-2-4-11(10)7-12/h5-7,9H,2-4,8H2,1H3,(H3,17,18,19). The Morgan fingerprint density at radius 2 is 2.24 bits per heavy atom. The molecule has 0 bridgehead atoms. The second kappa shape index (κ2) is 6.05. The van der Waals surface area contributed by atoms with E-state index in [1.54, 1.807) is 4.68 Å². The van der Waals surface area contributed by atoms with Gasteiger partial charge >= 0.3 is 0 Å². The number of aryl methyl sites for hydroxylation is 3. The number of guanidine groups is 1. The zero-order chi connectivity index (χ0) is 14.8. The molecule has 2 aromatic rings. The minimum Gasteiger partial charge on any atom is -0.370 e. The van der Waals surface area contributed by atoms with E-state index in [4.69, 9.17) is 5.73 Å². The molecule has 0 saturated carbocycles. The normalized spacial score (nSPS) is 14.3. The Morgan fingerprint density at radius 1 is 1.43 bits per heavy atom. The molecule has 6 heteroatoms. The quantitative estimate of drug-likeness (QED) is 0.477. The van der Waals surface area contributed by atoms with Gasteiger partial charge in [0.1, 0.15) is 0 Å². The summed E-state index contributed by atoms with van der Waals surface area (Å²) >= 11 is 2.26. The number of nitrogens with two attached hydrogens (primary N) is 1. The number of aromatic nitrogens is 2. The van der Waals surface area contributed by atoms with Gasteiger partial charge in [-0.25, -0.2) is 4.99 Å². The lowest BCUT2D eigenvalue weighted by molar-refractivity contribution is 0.743. The Kier molecular flexibility index (Phi) is 4.14. The molecule has 0 fully saturated rings. The lowest BCUT2D eigenvalue weighted by Crippen LogP contribution is -2.22. The maximum absolute atomic E-state index is 5.96. The van der Waals surface area contributed by atoms with Gasteiger partial charge in [0.25, 0.3) is 0 Å². The maximum Gasteiger partial charge on any atom is 0.193 e. The van der Waals surface area contributed by atoms with Crippen molar-refractivity contribution >= 4 is 34.2 Å². The van der Waals surface area contributed by atoms with Crippen molar-refractivity contribution in [2.24, 2.45) is 17.8 Å². The molecule has 110 valence electrons. The molecule has 0 amide bonds. The highest BCUT2D eigenvalue weighted by Gasteiger charge is 2.11. The minimum absolute atomic E-state index is 0.425. The number of fused-ring (bicyclic) bond motifs is 1. The van der Waals surface area contributed by atoms with Crippen LogP contribution in [-0.2, 0) is 26.4 Å². The van der Waals surface area contributed by atoms with Gasteiger partial charge in [0.05, 0.1) is 15.8 Å². The first-order valence-corrected chi connectivity index (χ1v) is 8.06. The van der Waals surface area contributed by atoms with Crippen LogP contribution in [0, 0.1) is 3.57 Å². The highest BCUT2D eigenvalue weighted by atomic mass is 127. The number of nitrogens with zero attached hydrogens (tertiary/aromatic N) is 3. The fourth-order valence-electron chi connectivity index (χ4n) is 2.61. The number of nitrogens with one attached hydrogen (secondary N) is 1. The van der Waals surface area contributed by atoms with Gasteiger partial charge in [-0.15, -0.1) is 0 Å². The number of anilines is 1. The maximum atomic E-state index is 5.96. The van der Waals surface area contributed by atoms with Crippen LogP contribution in [-0.4, -0.2) is 15.7 Å². The zero-order valence-electron chi connectivity index (χ0n) is 11.9. The van der Waals surface area contributed by atoms with Gasteiger partial charge in [0.2, 0.25) is 0 Å². The van der Waals surface area contributed by atoms with Crippen LogP contribution >= 0.6 is 22.6 Å². The fraction of sp³-hybridized carbons (Fsp3) is 0.333. The Hall–Kier alpha value is -1.57. The van der Waals surface area contributed by atoms with Crippen molar-refractivity contribution in [1.82, 2.24) is 9.78 Å². The van der Waals surface area contributed by atoms with Gasteiger partial charge in [-0.3, -0.25) is 4.68 Å². The third-order valence-corrected chi connectivity index (χ3v) is 4.53. The largest absolute Gasteiger partial charge is 0.370 e. The highest BCUT2D eigenvalue weighted by molar-refractivity contribution is 14.1. The summed E-state index contributed by atoms with van der Waals surface area (Å²) in [6.07, 6.45) is 5.57. The molecule has 5 nitrogen and oxygen atoms in total. The smallest absolute Gasteiger partial charge is 0.193 e. The Balaban J connectivity index is 1.67. The average Bonchev–Trinajstić information content (AvgIpc) is 3.02. The fourth-order valence-corrected chi connectivity index (χ4v) is 3.29. The third kappa shape index (κ3) is 3.37. The van der Waals surface area contributed by atoms with Crippen LogP contribution in [0.5, 0.6) is 0 Å². The Bertz CT molecular complexity index is 689. The number of halogens is 1.